The van der Waals surface area contributed by atoms with E-state index in [2.05, 4.69) is 19.9 Å². The summed E-state index contributed by atoms with van der Waals surface area (Å²) < 4.78 is 4.74. The molecule has 2 aromatic heterocycles. The van der Waals surface area contributed by atoms with Gasteiger partial charge in [-0.05, 0) is 12.5 Å². The summed E-state index contributed by atoms with van der Waals surface area (Å²) in [7, 11) is 1.29. The lowest BCUT2D eigenvalue weighted by Gasteiger charge is -2.02. The lowest BCUT2D eigenvalue weighted by atomic mass is 10.5. The molecule has 0 aliphatic heterocycles. The Morgan fingerprint density at radius 3 is 1.52 bits per heavy atom. The summed E-state index contributed by atoms with van der Waals surface area (Å²) in [4.78, 5) is 34.4. The van der Waals surface area contributed by atoms with Gasteiger partial charge in [-0.1, -0.05) is 58.3 Å². The molecule has 0 N–H and O–H groups in total. The normalized spacial score (nSPS) is 10.0. The van der Waals surface area contributed by atoms with Gasteiger partial charge < -0.3 is 4.74 Å². The van der Waals surface area contributed by atoms with Crippen LogP contribution in [0.15, 0.2) is 10.3 Å². The van der Waals surface area contributed by atoms with Crippen molar-refractivity contribution >= 4 is 69.7 Å². The Bertz CT molecular complexity index is 852. The van der Waals surface area contributed by atoms with Gasteiger partial charge in [0.15, 0.2) is 10.3 Å². The maximum absolute atomic E-state index is 10.6. The molecule has 0 fully saturated rings. The van der Waals surface area contributed by atoms with Gasteiger partial charge in [0.05, 0.1) is 17.0 Å². The molecule has 2 aromatic rings. The minimum absolute atomic E-state index is 0.126. The molecule has 16 heteroatoms. The number of halogens is 3. The van der Waals surface area contributed by atoms with E-state index in [4.69, 9.17) is 39.5 Å². The third kappa shape index (κ3) is 6.17. The van der Waals surface area contributed by atoms with Gasteiger partial charge in [-0.15, -0.1) is 0 Å². The zero-order valence-electron chi connectivity index (χ0n) is 13.7. The lowest BCUT2D eigenvalue weighted by Crippen LogP contribution is -2.00. The minimum atomic E-state index is -0.714. The maximum Gasteiger partial charge on any atom is 0.367 e. The van der Waals surface area contributed by atoms with Crippen molar-refractivity contribution in [2.24, 2.45) is 0 Å². The summed E-state index contributed by atoms with van der Waals surface area (Å²) in [6.45, 7) is 0. The topological polar surface area (TPSA) is 147 Å². The summed E-state index contributed by atoms with van der Waals surface area (Å²) in [6, 6.07) is 0. The van der Waals surface area contributed by atoms with Gasteiger partial charge in [-0.2, -0.15) is 4.98 Å². The van der Waals surface area contributed by atoms with Crippen molar-refractivity contribution in [2.75, 3.05) is 19.6 Å². The molecule has 0 aliphatic carbocycles. The second-order valence-corrected chi connectivity index (χ2v) is 6.63. The van der Waals surface area contributed by atoms with Crippen molar-refractivity contribution in [1.82, 2.24) is 19.9 Å². The third-order valence-electron chi connectivity index (χ3n) is 2.49. The smallest absolute Gasteiger partial charge is 0.367 e. The number of aromatic nitrogens is 4. The Hall–Kier alpha value is -1.67. The van der Waals surface area contributed by atoms with Crippen LogP contribution in [0, 0.1) is 20.2 Å². The van der Waals surface area contributed by atoms with Crippen LogP contribution >= 0.6 is 58.3 Å². The number of nitro groups is 2. The molecule has 0 spiro atoms. The van der Waals surface area contributed by atoms with Gasteiger partial charge in [0.25, 0.3) is 5.88 Å². The molecular formula is C11H9Cl3N6O5S2. The van der Waals surface area contributed by atoms with Crippen LogP contribution in [0.2, 0.25) is 15.5 Å². The average Bonchev–Trinajstić information content (AvgIpc) is 2.59. The fourth-order valence-corrected chi connectivity index (χ4v) is 3.03. The summed E-state index contributed by atoms with van der Waals surface area (Å²) in [5.41, 5.74) is -0.867. The van der Waals surface area contributed by atoms with Crippen molar-refractivity contribution < 1.29 is 14.6 Å². The van der Waals surface area contributed by atoms with Crippen LogP contribution in [0.4, 0.5) is 11.4 Å². The molecule has 2 heterocycles. The zero-order valence-corrected chi connectivity index (χ0v) is 17.6. The van der Waals surface area contributed by atoms with E-state index in [0.29, 0.717) is 10.3 Å². The number of methoxy groups -OCH3 is 1. The Kier molecular flexibility index (Phi) is 9.18. The monoisotopic (exact) mass is 474 g/mol. The van der Waals surface area contributed by atoms with Crippen LogP contribution in [0.5, 0.6) is 5.88 Å². The molecule has 146 valence electrons. The number of rotatable bonds is 5. The van der Waals surface area contributed by atoms with Gasteiger partial charge in [0.2, 0.25) is 15.5 Å². The molecule has 0 bridgehead atoms. The van der Waals surface area contributed by atoms with Crippen LogP contribution in [0.25, 0.3) is 0 Å². The number of ether oxygens (including phenoxy) is 1. The molecule has 0 radical (unpaired) electrons. The van der Waals surface area contributed by atoms with Crippen LogP contribution in [-0.2, 0) is 0 Å². The average molecular weight is 476 g/mol. The Morgan fingerprint density at radius 1 is 0.815 bits per heavy atom. The number of hydrogen-bond acceptors (Lipinski definition) is 11. The Labute approximate surface area is 175 Å². The molecule has 0 saturated heterocycles. The first kappa shape index (κ1) is 23.4. The molecule has 2 rings (SSSR count). The molecule has 0 aromatic carbocycles. The standard InChI is InChI=1S/C6H6ClN3O3S.C5H3Cl2N3O2S/c1-13-5-3(10(11)12)4(7)8-6(9-5)14-2;1-13-5-8-3(6)2(10(11)12)4(7)9-5/h1-2H3;1H3. The molecule has 27 heavy (non-hydrogen) atoms. The molecule has 11 nitrogen and oxygen atoms in total. The van der Waals surface area contributed by atoms with Gasteiger partial charge >= 0.3 is 11.4 Å². The fraction of sp³-hybridized carbons (Fsp3) is 0.273. The van der Waals surface area contributed by atoms with Crippen molar-refractivity contribution in [1.29, 1.82) is 0 Å². The van der Waals surface area contributed by atoms with Gasteiger partial charge in [-0.25, -0.2) is 15.0 Å². The van der Waals surface area contributed by atoms with E-state index >= 15 is 0 Å². The molecule has 0 aliphatic rings. The highest BCUT2D eigenvalue weighted by Crippen LogP contribution is 2.33. The predicted octanol–water partition coefficient (Wildman–Crippen LogP) is 4.18. The van der Waals surface area contributed by atoms with Crippen molar-refractivity contribution in [3.05, 3.63) is 35.7 Å². The number of nitrogens with zero attached hydrogens (tertiary/aromatic N) is 6. The van der Waals surface area contributed by atoms with E-state index in [1.54, 1.807) is 12.5 Å². The first-order valence-electron chi connectivity index (χ1n) is 6.37. The van der Waals surface area contributed by atoms with E-state index in [9.17, 15) is 20.2 Å². The number of hydrogen-bond donors (Lipinski definition) is 0. The van der Waals surface area contributed by atoms with Crippen LogP contribution in [-0.4, -0.2) is 49.4 Å². The van der Waals surface area contributed by atoms with Crippen molar-refractivity contribution in [3.8, 4) is 5.88 Å². The quantitative estimate of drug-likeness (QED) is 0.201. The molecule has 0 saturated carbocycles. The van der Waals surface area contributed by atoms with Gasteiger partial charge in [-0.3, -0.25) is 20.2 Å². The van der Waals surface area contributed by atoms with E-state index in [0.717, 1.165) is 0 Å². The van der Waals surface area contributed by atoms with Crippen molar-refractivity contribution in [3.63, 3.8) is 0 Å². The molecule has 0 amide bonds. The van der Waals surface area contributed by atoms with Crippen LogP contribution in [0.1, 0.15) is 0 Å². The van der Waals surface area contributed by atoms with E-state index < -0.39 is 21.2 Å². The maximum atomic E-state index is 10.6. The van der Waals surface area contributed by atoms with E-state index in [1.165, 1.54) is 30.6 Å². The Balaban J connectivity index is 0.000000271. The summed E-state index contributed by atoms with van der Waals surface area (Å²) in [5, 5.41) is 20.9. The van der Waals surface area contributed by atoms with Gasteiger partial charge in [0.1, 0.15) is 0 Å². The lowest BCUT2D eigenvalue weighted by molar-refractivity contribution is -0.386. The fourth-order valence-electron chi connectivity index (χ4n) is 1.40. The first-order chi connectivity index (χ1) is 12.7. The molecule has 0 unspecified atom stereocenters. The molecule has 0 atom stereocenters. The van der Waals surface area contributed by atoms with E-state index in [1.807, 2.05) is 0 Å². The summed E-state index contributed by atoms with van der Waals surface area (Å²) >= 11 is 19.1. The largest absolute Gasteiger partial charge is 0.476 e. The molecular weight excluding hydrogens is 467 g/mol. The third-order valence-corrected chi connectivity index (χ3v) is 4.38. The van der Waals surface area contributed by atoms with E-state index in [-0.39, 0.29) is 21.3 Å². The second-order valence-electron chi connectivity index (χ2n) is 4.01. The predicted molar refractivity (Wildman–Crippen MR) is 103 cm³/mol. The SMILES string of the molecule is COc1nc(SC)nc(Cl)c1[N+](=O)[O-].CSc1nc(Cl)c([N+](=O)[O-])c(Cl)n1. The first-order valence-corrected chi connectivity index (χ1v) is 9.95. The highest BCUT2D eigenvalue weighted by Gasteiger charge is 2.24. The second kappa shape index (κ2) is 10.6. The highest BCUT2D eigenvalue weighted by atomic mass is 35.5. The summed E-state index contributed by atoms with van der Waals surface area (Å²) in [6.07, 6.45) is 3.45. The van der Waals surface area contributed by atoms with Crippen LogP contribution in [0.3, 0.4) is 0 Å². The summed E-state index contributed by atoms with van der Waals surface area (Å²) in [5.74, 6) is -0.126. The van der Waals surface area contributed by atoms with Crippen LogP contribution < -0.4 is 4.74 Å². The Morgan fingerprint density at radius 2 is 1.19 bits per heavy atom. The highest BCUT2D eigenvalue weighted by molar-refractivity contribution is 7.98. The zero-order chi connectivity index (χ0) is 20.7. The minimum Gasteiger partial charge on any atom is -0.476 e. The number of thioether (sulfide) groups is 2. The van der Waals surface area contributed by atoms with Crippen molar-refractivity contribution in [2.45, 2.75) is 10.3 Å². The van der Waals surface area contributed by atoms with Gasteiger partial charge in [0, 0.05) is 0 Å².